The molecule has 0 fully saturated rings. The number of hydrogen-bond acceptors (Lipinski definition) is 1. The molecule has 0 aliphatic carbocycles. The zero-order chi connectivity index (χ0) is 10.7. The fourth-order valence-electron chi connectivity index (χ4n) is 1.70. The minimum Gasteiger partial charge on any atom is -0.380 e. The van der Waals surface area contributed by atoms with Gasteiger partial charge in [-0.2, -0.15) is 0 Å². The summed E-state index contributed by atoms with van der Waals surface area (Å²) >= 11 is 0. The van der Waals surface area contributed by atoms with Gasteiger partial charge in [-0.05, 0) is 34.0 Å². The van der Waals surface area contributed by atoms with E-state index < -0.39 is 0 Å². The molecular weight excluding hydrogens is 184 g/mol. The lowest BCUT2D eigenvalue weighted by Crippen LogP contribution is -1.87. The maximum atomic E-state index is 5.11. The van der Waals surface area contributed by atoms with Crippen molar-refractivity contribution < 1.29 is 4.74 Å². The van der Waals surface area contributed by atoms with Crippen LogP contribution in [0.5, 0.6) is 0 Å². The number of fused-ring (bicyclic) bond motifs is 1. The minimum atomic E-state index is 0.666. The summed E-state index contributed by atoms with van der Waals surface area (Å²) in [5, 5.41) is 2.49. The van der Waals surface area contributed by atoms with Gasteiger partial charge < -0.3 is 4.74 Å². The molecule has 76 valence electrons. The van der Waals surface area contributed by atoms with Crippen molar-refractivity contribution in [1.82, 2.24) is 0 Å². The molecule has 2 aromatic rings. The first kappa shape index (κ1) is 9.94. The highest BCUT2D eigenvalue weighted by atomic mass is 16.5. The van der Waals surface area contributed by atoms with Crippen LogP contribution in [0.15, 0.2) is 43.0 Å². The third kappa shape index (κ3) is 2.08. The van der Waals surface area contributed by atoms with Gasteiger partial charge >= 0.3 is 0 Å². The number of hydrogen-bond donors (Lipinski definition) is 0. The van der Waals surface area contributed by atoms with Gasteiger partial charge in [-0.3, -0.25) is 0 Å². The van der Waals surface area contributed by atoms with Gasteiger partial charge in [-0.25, -0.2) is 0 Å². The van der Waals surface area contributed by atoms with Crippen LogP contribution in [0.3, 0.4) is 0 Å². The van der Waals surface area contributed by atoms with Crippen LogP contribution >= 0.6 is 0 Å². The Balaban J connectivity index is 2.49. The van der Waals surface area contributed by atoms with Crippen LogP contribution in [0, 0.1) is 0 Å². The Morgan fingerprint density at radius 1 is 1.13 bits per heavy atom. The predicted molar refractivity (Wildman–Crippen MR) is 64.8 cm³/mol. The Bertz CT molecular complexity index is 486. The highest BCUT2D eigenvalue weighted by molar-refractivity contribution is 5.85. The average molecular weight is 198 g/mol. The Kier molecular flexibility index (Phi) is 2.84. The van der Waals surface area contributed by atoms with Crippen molar-refractivity contribution in [3.8, 4) is 0 Å². The second-order valence-electron chi connectivity index (χ2n) is 3.58. The van der Waals surface area contributed by atoms with Crippen LogP contribution in [-0.4, -0.2) is 7.11 Å². The van der Waals surface area contributed by atoms with Crippen LogP contribution in [0.25, 0.3) is 16.8 Å². The standard InChI is InChI=1S/C14H14O/c1-3-11-4-6-14-9-12(10-15-2)5-7-13(14)8-11/h3-9H,1,10H2,2H3. The number of benzene rings is 2. The van der Waals surface area contributed by atoms with Gasteiger partial charge in [0.25, 0.3) is 0 Å². The van der Waals surface area contributed by atoms with Crippen molar-refractivity contribution in [2.24, 2.45) is 0 Å². The summed E-state index contributed by atoms with van der Waals surface area (Å²) in [5.41, 5.74) is 2.36. The molecule has 0 unspecified atom stereocenters. The third-order valence-corrected chi connectivity index (χ3v) is 2.48. The first-order valence-electron chi connectivity index (χ1n) is 4.97. The second-order valence-corrected chi connectivity index (χ2v) is 3.58. The van der Waals surface area contributed by atoms with Crippen LogP contribution in [0.4, 0.5) is 0 Å². The molecule has 15 heavy (non-hydrogen) atoms. The second kappa shape index (κ2) is 4.28. The van der Waals surface area contributed by atoms with Crippen molar-refractivity contribution in [3.63, 3.8) is 0 Å². The maximum absolute atomic E-state index is 5.11. The molecule has 0 aromatic heterocycles. The number of ether oxygens (including phenoxy) is 1. The molecule has 0 spiro atoms. The molecular formula is C14H14O. The van der Waals surface area contributed by atoms with Gasteiger partial charge in [0, 0.05) is 7.11 Å². The largest absolute Gasteiger partial charge is 0.380 e. The Labute approximate surface area is 90.0 Å². The third-order valence-electron chi connectivity index (χ3n) is 2.48. The van der Waals surface area contributed by atoms with Crippen molar-refractivity contribution in [1.29, 1.82) is 0 Å². The molecule has 2 rings (SSSR count). The van der Waals surface area contributed by atoms with Crippen LogP contribution < -0.4 is 0 Å². The lowest BCUT2D eigenvalue weighted by molar-refractivity contribution is 0.185. The summed E-state index contributed by atoms with van der Waals surface area (Å²) in [6.07, 6.45) is 1.86. The lowest BCUT2D eigenvalue weighted by Gasteiger charge is -2.03. The van der Waals surface area contributed by atoms with E-state index in [2.05, 4.69) is 43.0 Å². The molecule has 0 aliphatic rings. The van der Waals surface area contributed by atoms with Gasteiger partial charge in [0.2, 0.25) is 0 Å². The topological polar surface area (TPSA) is 9.23 Å². The molecule has 0 saturated heterocycles. The molecule has 0 atom stereocenters. The van der Waals surface area contributed by atoms with E-state index in [0.717, 1.165) is 5.56 Å². The first-order valence-corrected chi connectivity index (χ1v) is 4.97. The minimum absolute atomic E-state index is 0.666. The van der Waals surface area contributed by atoms with E-state index in [-0.39, 0.29) is 0 Å². The Hall–Kier alpha value is -1.60. The lowest BCUT2D eigenvalue weighted by atomic mass is 10.0. The van der Waals surface area contributed by atoms with Gasteiger partial charge in [0.15, 0.2) is 0 Å². The predicted octanol–water partition coefficient (Wildman–Crippen LogP) is 3.63. The number of rotatable bonds is 3. The fraction of sp³-hybridized carbons (Fsp3) is 0.143. The molecule has 0 saturated carbocycles. The van der Waals surface area contributed by atoms with Crippen molar-refractivity contribution in [3.05, 3.63) is 54.1 Å². The smallest absolute Gasteiger partial charge is 0.0713 e. The fourth-order valence-corrected chi connectivity index (χ4v) is 1.70. The highest BCUT2D eigenvalue weighted by Gasteiger charge is 1.96. The van der Waals surface area contributed by atoms with E-state index in [1.807, 2.05) is 6.08 Å². The summed E-state index contributed by atoms with van der Waals surface area (Å²) in [6, 6.07) is 12.7. The van der Waals surface area contributed by atoms with Gasteiger partial charge in [0.05, 0.1) is 6.61 Å². The van der Waals surface area contributed by atoms with Crippen LogP contribution in [0.2, 0.25) is 0 Å². The molecule has 1 nitrogen and oxygen atoms in total. The molecule has 1 heteroatoms. The van der Waals surface area contributed by atoms with Crippen molar-refractivity contribution in [2.75, 3.05) is 7.11 Å². The van der Waals surface area contributed by atoms with Gasteiger partial charge in [-0.1, -0.05) is 36.9 Å². The summed E-state index contributed by atoms with van der Waals surface area (Å²) in [4.78, 5) is 0. The SMILES string of the molecule is C=Cc1ccc2cc(COC)ccc2c1. The molecule has 0 bridgehead atoms. The Morgan fingerprint density at radius 3 is 2.60 bits per heavy atom. The molecule has 0 amide bonds. The van der Waals surface area contributed by atoms with Crippen molar-refractivity contribution >= 4 is 16.8 Å². The van der Waals surface area contributed by atoms with E-state index in [1.54, 1.807) is 7.11 Å². The summed E-state index contributed by atoms with van der Waals surface area (Å²) in [7, 11) is 1.71. The van der Waals surface area contributed by atoms with E-state index in [0.29, 0.717) is 6.61 Å². The van der Waals surface area contributed by atoms with E-state index in [9.17, 15) is 0 Å². The molecule has 0 N–H and O–H groups in total. The Morgan fingerprint density at radius 2 is 1.87 bits per heavy atom. The van der Waals surface area contributed by atoms with E-state index >= 15 is 0 Å². The summed E-state index contributed by atoms with van der Waals surface area (Å²) < 4.78 is 5.11. The summed E-state index contributed by atoms with van der Waals surface area (Å²) in [6.45, 7) is 4.43. The number of methoxy groups -OCH3 is 1. The average Bonchev–Trinajstić information content (AvgIpc) is 2.29. The van der Waals surface area contributed by atoms with Crippen LogP contribution in [0.1, 0.15) is 11.1 Å². The highest BCUT2D eigenvalue weighted by Crippen LogP contribution is 2.18. The van der Waals surface area contributed by atoms with Gasteiger partial charge in [-0.15, -0.1) is 0 Å². The van der Waals surface area contributed by atoms with Gasteiger partial charge in [0.1, 0.15) is 0 Å². The molecule has 0 radical (unpaired) electrons. The quantitative estimate of drug-likeness (QED) is 0.731. The zero-order valence-corrected chi connectivity index (χ0v) is 8.86. The van der Waals surface area contributed by atoms with Crippen molar-refractivity contribution in [2.45, 2.75) is 6.61 Å². The van der Waals surface area contributed by atoms with E-state index in [4.69, 9.17) is 4.74 Å². The summed E-state index contributed by atoms with van der Waals surface area (Å²) in [5.74, 6) is 0. The molecule has 0 heterocycles. The monoisotopic (exact) mass is 198 g/mol. The zero-order valence-electron chi connectivity index (χ0n) is 8.86. The van der Waals surface area contributed by atoms with Crippen LogP contribution in [-0.2, 0) is 11.3 Å². The normalized spacial score (nSPS) is 10.5. The van der Waals surface area contributed by atoms with E-state index in [1.165, 1.54) is 16.3 Å². The molecule has 0 aliphatic heterocycles. The maximum Gasteiger partial charge on any atom is 0.0713 e. The molecule has 2 aromatic carbocycles. The first-order chi connectivity index (χ1) is 7.33.